The van der Waals surface area contributed by atoms with E-state index in [0.717, 1.165) is 22.3 Å². The number of rotatable bonds is 4. The molecule has 0 atom stereocenters. The lowest BCUT2D eigenvalue weighted by Gasteiger charge is -1.99. The van der Waals surface area contributed by atoms with Crippen molar-refractivity contribution >= 4 is 24.3 Å². The van der Waals surface area contributed by atoms with E-state index >= 15 is 0 Å². The van der Waals surface area contributed by atoms with Gasteiger partial charge in [0.15, 0.2) is 0 Å². The third-order valence-electron chi connectivity index (χ3n) is 3.98. The van der Waals surface area contributed by atoms with Crippen LogP contribution in [0, 0.1) is 22.7 Å². The average Bonchev–Trinajstić information content (AvgIpc) is 2.72. The Morgan fingerprint density at radius 2 is 1.04 bits per heavy atom. The fourth-order valence-corrected chi connectivity index (χ4v) is 2.51. The van der Waals surface area contributed by atoms with Crippen LogP contribution in [0.25, 0.3) is 24.3 Å². The first-order valence-corrected chi connectivity index (χ1v) is 8.24. The van der Waals surface area contributed by atoms with Gasteiger partial charge < -0.3 is 0 Å². The summed E-state index contributed by atoms with van der Waals surface area (Å²) < 4.78 is 0. The molecule has 0 saturated carbocycles. The zero-order valence-electron chi connectivity index (χ0n) is 14.1. The topological polar surface area (TPSA) is 47.6 Å². The van der Waals surface area contributed by atoms with Crippen molar-refractivity contribution in [2.75, 3.05) is 0 Å². The molecule has 3 rings (SSSR count). The first-order valence-electron chi connectivity index (χ1n) is 8.24. The van der Waals surface area contributed by atoms with Gasteiger partial charge in [0.2, 0.25) is 0 Å². The smallest absolute Gasteiger partial charge is 0.0997 e. The quantitative estimate of drug-likeness (QED) is 0.569. The summed E-state index contributed by atoms with van der Waals surface area (Å²) in [4.78, 5) is 0. The van der Waals surface area contributed by atoms with Gasteiger partial charge >= 0.3 is 0 Å². The van der Waals surface area contributed by atoms with E-state index in [0.29, 0.717) is 11.1 Å². The molecule has 26 heavy (non-hydrogen) atoms. The van der Waals surface area contributed by atoms with Crippen molar-refractivity contribution in [3.05, 3.63) is 106 Å². The maximum Gasteiger partial charge on any atom is 0.0997 e. The SMILES string of the molecule is N#Cc1ccc(/C=C/c2ccc(/C=C\c3ccccc3C#N)cc2)cc1. The van der Waals surface area contributed by atoms with E-state index in [4.69, 9.17) is 10.5 Å². The fourth-order valence-electron chi connectivity index (χ4n) is 2.51. The predicted molar refractivity (Wildman–Crippen MR) is 107 cm³/mol. The zero-order valence-corrected chi connectivity index (χ0v) is 14.1. The summed E-state index contributed by atoms with van der Waals surface area (Å²) in [5.74, 6) is 0. The first-order chi connectivity index (χ1) is 12.8. The molecule has 3 aromatic rings. The van der Waals surface area contributed by atoms with Gasteiger partial charge in [0, 0.05) is 0 Å². The minimum atomic E-state index is 0.663. The second-order valence-electron chi connectivity index (χ2n) is 5.77. The lowest BCUT2D eigenvalue weighted by atomic mass is 10.1. The maximum absolute atomic E-state index is 9.13. The highest BCUT2D eigenvalue weighted by atomic mass is 14.2. The predicted octanol–water partition coefficient (Wildman–Crippen LogP) is 5.77. The standard InChI is InChI=1S/C24H16N2/c25-17-22-13-11-20(12-14-22)6-5-19-7-9-21(10-8-19)15-16-23-3-1-2-4-24(23)18-26/h1-16H/b6-5+,16-15-. The summed E-state index contributed by atoms with van der Waals surface area (Å²) in [5.41, 5.74) is 5.49. The first kappa shape index (κ1) is 17.0. The summed E-state index contributed by atoms with van der Waals surface area (Å²) in [6, 6.07) is 27.5. The highest BCUT2D eigenvalue weighted by Crippen LogP contribution is 2.14. The molecule has 0 saturated heterocycles. The molecule has 0 aromatic heterocycles. The van der Waals surface area contributed by atoms with Crippen LogP contribution in [0.2, 0.25) is 0 Å². The lowest BCUT2D eigenvalue weighted by Crippen LogP contribution is -1.80. The van der Waals surface area contributed by atoms with Gasteiger partial charge in [-0.2, -0.15) is 10.5 Å². The number of nitrogens with zero attached hydrogens (tertiary/aromatic N) is 2. The summed E-state index contributed by atoms with van der Waals surface area (Å²) in [7, 11) is 0. The summed E-state index contributed by atoms with van der Waals surface area (Å²) >= 11 is 0. The Kier molecular flexibility index (Phi) is 5.41. The van der Waals surface area contributed by atoms with Crippen LogP contribution in [-0.2, 0) is 0 Å². The third kappa shape index (κ3) is 4.35. The fraction of sp³-hybridized carbons (Fsp3) is 0. The average molecular weight is 332 g/mol. The molecule has 0 aliphatic heterocycles. The summed E-state index contributed by atoms with van der Waals surface area (Å²) in [5, 5.41) is 17.9. The summed E-state index contributed by atoms with van der Waals surface area (Å²) in [6.07, 6.45) is 8.03. The highest BCUT2D eigenvalue weighted by Gasteiger charge is 1.96. The van der Waals surface area contributed by atoms with Gasteiger partial charge in [0.25, 0.3) is 0 Å². The molecule has 0 bridgehead atoms. The molecule has 2 nitrogen and oxygen atoms in total. The van der Waals surface area contributed by atoms with E-state index in [1.54, 1.807) is 0 Å². The minimum absolute atomic E-state index is 0.663. The Bertz CT molecular complexity index is 1030. The lowest BCUT2D eigenvalue weighted by molar-refractivity contribution is 1.47. The Morgan fingerprint density at radius 3 is 1.58 bits per heavy atom. The molecule has 0 amide bonds. The number of hydrogen-bond donors (Lipinski definition) is 0. The van der Waals surface area contributed by atoms with E-state index < -0.39 is 0 Å². The van der Waals surface area contributed by atoms with E-state index in [-0.39, 0.29) is 0 Å². The van der Waals surface area contributed by atoms with Crippen molar-refractivity contribution in [2.45, 2.75) is 0 Å². The molecule has 0 aliphatic rings. The number of hydrogen-bond acceptors (Lipinski definition) is 2. The Hall–Kier alpha value is -3.88. The Balaban J connectivity index is 1.70. The van der Waals surface area contributed by atoms with Gasteiger partial charge in [0.05, 0.1) is 23.3 Å². The molecule has 0 heterocycles. The van der Waals surface area contributed by atoms with Crippen LogP contribution in [0.5, 0.6) is 0 Å². The van der Waals surface area contributed by atoms with E-state index in [9.17, 15) is 0 Å². The van der Waals surface area contributed by atoms with Gasteiger partial charge in [-0.15, -0.1) is 0 Å². The van der Waals surface area contributed by atoms with Crippen molar-refractivity contribution in [1.82, 2.24) is 0 Å². The van der Waals surface area contributed by atoms with E-state index in [1.807, 2.05) is 85.0 Å². The van der Waals surface area contributed by atoms with Gasteiger partial charge in [-0.25, -0.2) is 0 Å². The molecule has 0 radical (unpaired) electrons. The molecule has 0 N–H and O–H groups in total. The Labute approximate surface area is 153 Å². The van der Waals surface area contributed by atoms with Crippen LogP contribution in [0.15, 0.2) is 72.8 Å². The number of benzene rings is 3. The van der Waals surface area contributed by atoms with Crippen LogP contribution in [0.1, 0.15) is 33.4 Å². The highest BCUT2D eigenvalue weighted by molar-refractivity contribution is 5.74. The monoisotopic (exact) mass is 332 g/mol. The summed E-state index contributed by atoms with van der Waals surface area (Å²) in [6.45, 7) is 0. The van der Waals surface area contributed by atoms with E-state index in [2.05, 4.69) is 24.3 Å². The maximum atomic E-state index is 9.13. The molecule has 0 fully saturated rings. The molecular formula is C24H16N2. The van der Waals surface area contributed by atoms with Crippen molar-refractivity contribution < 1.29 is 0 Å². The zero-order chi connectivity index (χ0) is 18.2. The second kappa shape index (κ2) is 8.29. The van der Waals surface area contributed by atoms with Crippen LogP contribution < -0.4 is 0 Å². The Morgan fingerprint density at radius 1 is 0.538 bits per heavy atom. The molecule has 0 aliphatic carbocycles. The van der Waals surface area contributed by atoms with Crippen molar-refractivity contribution in [3.63, 3.8) is 0 Å². The van der Waals surface area contributed by atoms with Crippen LogP contribution >= 0.6 is 0 Å². The molecule has 0 unspecified atom stereocenters. The van der Waals surface area contributed by atoms with Crippen molar-refractivity contribution in [3.8, 4) is 12.1 Å². The van der Waals surface area contributed by atoms with E-state index in [1.165, 1.54) is 0 Å². The normalized spacial score (nSPS) is 10.7. The second-order valence-corrected chi connectivity index (χ2v) is 5.77. The van der Waals surface area contributed by atoms with Gasteiger partial charge in [-0.1, -0.05) is 78.9 Å². The molecule has 3 aromatic carbocycles. The number of nitriles is 2. The molecule has 0 spiro atoms. The van der Waals surface area contributed by atoms with Gasteiger partial charge in [0.1, 0.15) is 0 Å². The van der Waals surface area contributed by atoms with Crippen LogP contribution in [-0.4, -0.2) is 0 Å². The van der Waals surface area contributed by atoms with Crippen LogP contribution in [0.4, 0.5) is 0 Å². The largest absolute Gasteiger partial charge is 0.192 e. The molecule has 122 valence electrons. The van der Waals surface area contributed by atoms with Gasteiger partial charge in [-0.3, -0.25) is 0 Å². The molecular weight excluding hydrogens is 316 g/mol. The third-order valence-corrected chi connectivity index (χ3v) is 3.98. The molecule has 2 heteroatoms. The van der Waals surface area contributed by atoms with Crippen molar-refractivity contribution in [2.24, 2.45) is 0 Å². The minimum Gasteiger partial charge on any atom is -0.192 e. The van der Waals surface area contributed by atoms with Gasteiger partial charge in [-0.05, 0) is 40.5 Å². The van der Waals surface area contributed by atoms with Crippen LogP contribution in [0.3, 0.4) is 0 Å². The van der Waals surface area contributed by atoms with Crippen molar-refractivity contribution in [1.29, 1.82) is 10.5 Å².